The molecule has 6 unspecified atom stereocenters. The van der Waals surface area contributed by atoms with E-state index in [4.69, 9.17) is 205 Å². The van der Waals surface area contributed by atoms with Crippen molar-refractivity contribution in [1.29, 1.82) is 0 Å². The third-order valence-corrected chi connectivity index (χ3v) is 12.1. The number of carbonyl (C=O) groups excluding carboxylic acids is 6. The molecule has 0 aliphatic rings. The Morgan fingerprint density at radius 3 is 0.580 bits per heavy atom. The summed E-state index contributed by atoms with van der Waals surface area (Å²) in [5, 5.41) is 0. The summed E-state index contributed by atoms with van der Waals surface area (Å²) in [7, 11) is 0. The van der Waals surface area contributed by atoms with Crippen LogP contribution in [0.1, 0.15) is 13.3 Å². The summed E-state index contributed by atoms with van der Waals surface area (Å²) in [4.78, 5) is 75.4. The molecule has 42 heteroatoms. The lowest BCUT2D eigenvalue weighted by atomic mass is 10.3. The molecule has 0 heterocycles. The topological polar surface area (TPSA) is 370 Å². The fraction of sp³-hybridized carbons (Fsp3) is 0.897. The van der Waals surface area contributed by atoms with Gasteiger partial charge in [0.2, 0.25) is 0 Å². The van der Waals surface area contributed by atoms with E-state index in [0.717, 1.165) is 6.42 Å². The maximum Gasteiger partial charge on any atom is 0.403 e. The first-order chi connectivity index (χ1) is 48.6. The Labute approximate surface area is 617 Å². The highest BCUT2D eigenvalue weighted by Gasteiger charge is 2.21. The molecule has 0 bridgehead atoms. The van der Waals surface area contributed by atoms with Crippen molar-refractivity contribution in [3.8, 4) is 0 Å². The lowest BCUT2D eigenvalue weighted by Gasteiger charge is -2.24. The largest absolute Gasteiger partial charge is 0.451 e. The van der Waals surface area contributed by atoms with Crippen LogP contribution in [0.5, 0.6) is 0 Å². The van der Waals surface area contributed by atoms with Crippen LogP contribution in [0, 0.1) is 0 Å². The van der Waals surface area contributed by atoms with E-state index in [1.165, 1.54) is 0 Å². The summed E-state index contributed by atoms with van der Waals surface area (Å²) < 4.78 is 151. The van der Waals surface area contributed by atoms with Crippen molar-refractivity contribution in [2.75, 3.05) is 290 Å². The Kier molecular flexibility index (Phi) is 75.0. The molecule has 0 aliphatic carbocycles. The molecule has 0 aromatic heterocycles. The van der Waals surface area contributed by atoms with Gasteiger partial charge in [0.05, 0.1) is 231 Å². The Hall–Kier alpha value is -2.07. The molecule has 35 nitrogen and oxygen atoms in total. The molecule has 0 saturated carbocycles. The maximum atomic E-state index is 11.1. The molecule has 0 aromatic rings. The summed E-state index contributed by atoms with van der Waals surface area (Å²) >= 11 is 37.0. The number of rotatable bonds is 79. The molecule has 6 atom stereocenters. The fourth-order valence-corrected chi connectivity index (χ4v) is 7.58. The van der Waals surface area contributed by atoms with Gasteiger partial charge in [0.1, 0.15) is 82.9 Å². The predicted molar refractivity (Wildman–Crippen MR) is 352 cm³/mol. The average molecular weight is 1600 g/mol. The molecule has 100 heavy (non-hydrogen) atoms. The van der Waals surface area contributed by atoms with E-state index in [0.29, 0.717) is 19.8 Å². The second-order valence-electron chi connectivity index (χ2n) is 19.3. The number of hydrogen-bond acceptors (Lipinski definition) is 35. The Bertz CT molecular complexity index is 1890. The van der Waals surface area contributed by atoms with Crippen molar-refractivity contribution < 1.29 is 166 Å². The van der Waals surface area contributed by atoms with Gasteiger partial charge in [-0.1, -0.05) is 18.5 Å². The van der Waals surface area contributed by atoms with Gasteiger partial charge in [0, 0.05) is 76.2 Å². The van der Waals surface area contributed by atoms with Crippen LogP contribution in [0.15, 0.2) is 0 Å². The lowest BCUT2D eigenvalue weighted by Crippen LogP contribution is -2.36. The van der Waals surface area contributed by atoms with Crippen molar-refractivity contribution in [2.24, 2.45) is 0 Å². The number of carbonyl (C=O) groups is 6. The molecular formula is C58H99Cl7O35. The van der Waals surface area contributed by atoms with Crippen molar-refractivity contribution >= 4 is 114 Å². The van der Waals surface area contributed by atoms with E-state index in [1.807, 2.05) is 6.92 Å². The first-order valence-corrected chi connectivity index (χ1v) is 34.5. The summed E-state index contributed by atoms with van der Waals surface area (Å²) in [6, 6.07) is -0.128. The zero-order valence-corrected chi connectivity index (χ0v) is 61.5. The maximum absolute atomic E-state index is 11.1. The minimum Gasteiger partial charge on any atom is -0.451 e. The first-order valence-electron chi connectivity index (χ1n) is 31.7. The molecule has 0 rings (SSSR count). The average Bonchev–Trinajstić information content (AvgIpc) is 1.29. The minimum absolute atomic E-state index is 0.00668. The molecule has 0 fully saturated rings. The van der Waals surface area contributed by atoms with Gasteiger partial charge in [-0.15, -0.1) is 0 Å². The molecular weight excluding hydrogens is 1500 g/mol. The Balaban J connectivity index is 6.41. The van der Waals surface area contributed by atoms with Crippen LogP contribution in [-0.4, -0.2) is 359 Å². The van der Waals surface area contributed by atoms with Crippen LogP contribution < -0.4 is 0 Å². The van der Waals surface area contributed by atoms with Crippen molar-refractivity contribution in [3.63, 3.8) is 0 Å². The van der Waals surface area contributed by atoms with Crippen LogP contribution in [-0.2, 0) is 138 Å². The number of hydrogen-bond donors (Lipinski definition) is 0. The number of alkyl halides is 1. The highest BCUT2D eigenvalue weighted by Crippen LogP contribution is 2.08. The van der Waals surface area contributed by atoms with Gasteiger partial charge < -0.3 is 128 Å². The first kappa shape index (κ1) is 97.9. The number of ether oxygens (including phenoxy) is 27. The predicted octanol–water partition coefficient (Wildman–Crippen LogP) is 6.35. The van der Waals surface area contributed by atoms with Gasteiger partial charge in [0.25, 0.3) is 0 Å². The van der Waals surface area contributed by atoms with Gasteiger partial charge in [0.15, 0.2) is 6.07 Å². The molecule has 0 aliphatic heterocycles. The quantitative estimate of drug-likeness (QED) is 0.0160. The fourth-order valence-electron chi connectivity index (χ4n) is 7.06. The Morgan fingerprint density at radius 2 is 0.380 bits per heavy atom. The summed E-state index contributed by atoms with van der Waals surface area (Å²) in [6.45, 7) is 5.17. The monoisotopic (exact) mass is 1600 g/mol. The van der Waals surface area contributed by atoms with Crippen molar-refractivity contribution in [1.82, 2.24) is 0 Å². The molecule has 0 amide bonds. The molecule has 0 saturated heterocycles. The highest BCUT2D eigenvalue weighted by atomic mass is 35.5. The van der Waals surface area contributed by atoms with Crippen LogP contribution in [0.25, 0.3) is 0 Å². The zero-order valence-electron chi connectivity index (χ0n) is 56.2. The van der Waals surface area contributed by atoms with E-state index in [-0.39, 0.29) is 270 Å². The summed E-state index contributed by atoms with van der Waals surface area (Å²) in [5.74, 6) is 0. The molecule has 590 valence electrons. The van der Waals surface area contributed by atoms with Crippen LogP contribution in [0.3, 0.4) is 0 Å². The van der Waals surface area contributed by atoms with E-state index >= 15 is 0 Å². The minimum atomic E-state index is -0.983. The second kappa shape index (κ2) is 76.6. The number of halogens is 7. The standard InChI is InChI=1S/C58H99Cl7O35/c1-2-3-72-4-6-80-34-47(87-21-8-74-14-27-93-53(60)66)36-82-38-49(89-23-10-76-16-29-95-55(62)68)40-84-42-51(91-25-12-78-18-31-97-57(64)70)44-86-45-52(92-26-13-79-19-32-98-58(65)71)43-85-41-50(90-24-11-77-17-30-96-56(63)69)39-83-37-48(88-22-9-75-15-28-94-54(61)67)35-81-7-5-73-20-33-99-100-46-59/h47-52H,2-46H2,1H3. The van der Waals surface area contributed by atoms with E-state index < -0.39 is 69.2 Å². The summed E-state index contributed by atoms with van der Waals surface area (Å²) in [5.41, 5.74) is -5.81. The third-order valence-electron chi connectivity index (χ3n) is 11.3. The van der Waals surface area contributed by atoms with E-state index in [9.17, 15) is 28.8 Å². The summed E-state index contributed by atoms with van der Waals surface area (Å²) in [6.07, 6.45) is -3.19. The zero-order chi connectivity index (χ0) is 73.3. The van der Waals surface area contributed by atoms with Gasteiger partial charge in [-0.3, -0.25) is 0 Å². The third kappa shape index (κ3) is 75.6. The lowest BCUT2D eigenvalue weighted by molar-refractivity contribution is -0.285. The van der Waals surface area contributed by atoms with Crippen molar-refractivity contribution in [3.05, 3.63) is 0 Å². The van der Waals surface area contributed by atoms with Crippen molar-refractivity contribution in [2.45, 2.75) is 50.0 Å². The van der Waals surface area contributed by atoms with Gasteiger partial charge in [-0.25, -0.2) is 38.5 Å². The highest BCUT2D eigenvalue weighted by molar-refractivity contribution is 6.62. The van der Waals surface area contributed by atoms with Gasteiger partial charge in [-0.2, -0.15) is 0 Å². The SMILES string of the molecule is CCCOCCOCC(COCC(COCC(COCC(COCC(COCC(COCCOCCOOCCl)OCCOCCOC(=O)Cl)OCCOCCOC(=O)Cl)OCCOCCOC(=O)Cl)OCCOCCOC(=O)Cl)OCCOCCOC(=O)Cl)OCCOCCOC(=O)Cl. The smallest absolute Gasteiger partial charge is 0.403 e. The van der Waals surface area contributed by atoms with Crippen LogP contribution in [0.4, 0.5) is 28.8 Å². The van der Waals surface area contributed by atoms with Crippen LogP contribution in [0.2, 0.25) is 0 Å². The van der Waals surface area contributed by atoms with Crippen LogP contribution >= 0.6 is 81.2 Å². The van der Waals surface area contributed by atoms with Gasteiger partial charge >= 0.3 is 32.6 Å². The Morgan fingerprint density at radius 1 is 0.210 bits per heavy atom. The second-order valence-corrected chi connectivity index (χ2v) is 21.3. The molecule has 0 aromatic carbocycles. The molecule has 0 radical (unpaired) electrons. The van der Waals surface area contributed by atoms with Gasteiger partial charge in [-0.05, 0) is 6.42 Å². The molecule has 0 spiro atoms. The normalized spacial score (nSPS) is 13.3. The molecule has 0 N–H and O–H groups in total. The van der Waals surface area contributed by atoms with E-state index in [2.05, 4.69) is 14.4 Å². The van der Waals surface area contributed by atoms with E-state index in [1.54, 1.807) is 0 Å².